The van der Waals surface area contributed by atoms with Crippen LogP contribution in [0.1, 0.15) is 43.9 Å². The van der Waals surface area contributed by atoms with Crippen LogP contribution in [-0.4, -0.2) is 5.71 Å². The van der Waals surface area contributed by atoms with Crippen molar-refractivity contribution in [2.24, 2.45) is 4.99 Å². The van der Waals surface area contributed by atoms with Gasteiger partial charge in [-0.3, -0.25) is 4.99 Å². The molecule has 0 saturated heterocycles. The predicted molar refractivity (Wildman–Crippen MR) is 66.3 cm³/mol. The topological polar surface area (TPSA) is 12.4 Å². The molecule has 2 rings (SSSR count). The molecule has 0 spiro atoms. The second-order valence-electron chi connectivity index (χ2n) is 4.78. The molecule has 1 heterocycles. The number of aryl methyl sites for hydroxylation is 1. The summed E-state index contributed by atoms with van der Waals surface area (Å²) in [4.78, 5) is 4.69. The van der Waals surface area contributed by atoms with Crippen molar-refractivity contribution >= 4 is 11.4 Å². The van der Waals surface area contributed by atoms with Gasteiger partial charge in [0.2, 0.25) is 0 Å². The van der Waals surface area contributed by atoms with E-state index in [1.165, 1.54) is 28.1 Å². The predicted octanol–water partition coefficient (Wildman–Crippen LogP) is 4.08. The maximum absolute atomic E-state index is 4.69. The third-order valence-electron chi connectivity index (χ3n) is 4.06. The zero-order valence-corrected chi connectivity index (χ0v) is 10.3. The summed E-state index contributed by atoms with van der Waals surface area (Å²) in [6.45, 7) is 11.1. The minimum atomic E-state index is 0.158. The Morgan fingerprint density at radius 3 is 2.47 bits per heavy atom. The number of hydrogen-bond donors (Lipinski definition) is 0. The monoisotopic (exact) mass is 201 g/mol. The fourth-order valence-electron chi connectivity index (χ4n) is 2.51. The van der Waals surface area contributed by atoms with Gasteiger partial charge in [-0.25, -0.2) is 0 Å². The first-order valence-electron chi connectivity index (χ1n) is 5.67. The average Bonchev–Trinajstić information content (AvgIpc) is 2.47. The zero-order valence-electron chi connectivity index (χ0n) is 10.3. The van der Waals surface area contributed by atoms with E-state index in [0.717, 1.165) is 6.42 Å². The highest BCUT2D eigenvalue weighted by Crippen LogP contribution is 2.44. The van der Waals surface area contributed by atoms with E-state index in [1.807, 2.05) is 0 Å². The summed E-state index contributed by atoms with van der Waals surface area (Å²) in [7, 11) is 0. The standard InChI is InChI=1S/C14H19N/c1-6-14(5)11(4)15-12-8-7-9(2)10(3)13(12)14/h7-8H,6H2,1-5H3. The first-order chi connectivity index (χ1) is 7.00. The van der Waals surface area contributed by atoms with Crippen molar-refractivity contribution in [1.82, 2.24) is 0 Å². The normalized spacial score (nSPS) is 23.9. The van der Waals surface area contributed by atoms with E-state index >= 15 is 0 Å². The molecule has 0 bridgehead atoms. The van der Waals surface area contributed by atoms with Gasteiger partial charge in [0.15, 0.2) is 0 Å². The summed E-state index contributed by atoms with van der Waals surface area (Å²) in [5, 5.41) is 0. The third-order valence-corrected chi connectivity index (χ3v) is 4.06. The van der Waals surface area contributed by atoms with Crippen molar-refractivity contribution in [3.63, 3.8) is 0 Å². The summed E-state index contributed by atoms with van der Waals surface area (Å²) in [6, 6.07) is 4.33. The molecule has 0 amide bonds. The Kier molecular flexibility index (Phi) is 2.22. The van der Waals surface area contributed by atoms with Gasteiger partial charge < -0.3 is 0 Å². The highest BCUT2D eigenvalue weighted by atomic mass is 14.8. The van der Waals surface area contributed by atoms with E-state index in [-0.39, 0.29) is 5.41 Å². The van der Waals surface area contributed by atoms with E-state index in [4.69, 9.17) is 4.99 Å². The van der Waals surface area contributed by atoms with Crippen molar-refractivity contribution < 1.29 is 0 Å². The second-order valence-corrected chi connectivity index (χ2v) is 4.78. The third kappa shape index (κ3) is 1.26. The molecular formula is C14H19N. The molecule has 0 aliphatic carbocycles. The van der Waals surface area contributed by atoms with Crippen molar-refractivity contribution in [3.8, 4) is 0 Å². The molecule has 15 heavy (non-hydrogen) atoms. The van der Waals surface area contributed by atoms with E-state index in [1.54, 1.807) is 0 Å². The Bertz CT molecular complexity index is 443. The molecule has 0 fully saturated rings. The number of hydrogen-bond acceptors (Lipinski definition) is 1. The fraction of sp³-hybridized carbons (Fsp3) is 0.500. The Hall–Kier alpha value is -1.11. The van der Waals surface area contributed by atoms with Crippen LogP contribution in [-0.2, 0) is 5.41 Å². The SMILES string of the molecule is CCC1(C)C(C)=Nc2ccc(C)c(C)c21. The minimum Gasteiger partial charge on any atom is -0.257 e. The Balaban J connectivity index is 2.72. The van der Waals surface area contributed by atoms with Gasteiger partial charge in [-0.05, 0) is 49.9 Å². The summed E-state index contributed by atoms with van der Waals surface area (Å²) < 4.78 is 0. The van der Waals surface area contributed by atoms with Gasteiger partial charge in [-0.15, -0.1) is 0 Å². The van der Waals surface area contributed by atoms with Crippen LogP contribution in [0.4, 0.5) is 5.69 Å². The first-order valence-corrected chi connectivity index (χ1v) is 5.67. The molecule has 0 aromatic heterocycles. The molecule has 1 atom stereocenters. The zero-order chi connectivity index (χ0) is 11.2. The van der Waals surface area contributed by atoms with E-state index in [9.17, 15) is 0 Å². The van der Waals surface area contributed by atoms with E-state index in [2.05, 4.69) is 46.8 Å². The molecule has 1 aromatic rings. The van der Waals surface area contributed by atoms with Crippen LogP contribution in [0.3, 0.4) is 0 Å². The van der Waals surface area contributed by atoms with Gasteiger partial charge in [-0.2, -0.15) is 0 Å². The van der Waals surface area contributed by atoms with Gasteiger partial charge >= 0.3 is 0 Å². The lowest BCUT2D eigenvalue weighted by Gasteiger charge is -2.26. The van der Waals surface area contributed by atoms with Crippen LogP contribution < -0.4 is 0 Å². The smallest absolute Gasteiger partial charge is 0.0673 e. The Labute approximate surface area is 92.2 Å². The molecule has 1 aliphatic heterocycles. The lowest BCUT2D eigenvalue weighted by atomic mass is 9.75. The van der Waals surface area contributed by atoms with Gasteiger partial charge in [0.1, 0.15) is 0 Å². The molecule has 0 N–H and O–H groups in total. The second kappa shape index (κ2) is 3.19. The molecular weight excluding hydrogens is 182 g/mol. The van der Waals surface area contributed by atoms with Crippen LogP contribution >= 0.6 is 0 Å². The van der Waals surface area contributed by atoms with Gasteiger partial charge in [-0.1, -0.05) is 19.9 Å². The van der Waals surface area contributed by atoms with Gasteiger partial charge in [0.05, 0.1) is 5.69 Å². The number of rotatable bonds is 1. The quantitative estimate of drug-likeness (QED) is 0.649. The van der Waals surface area contributed by atoms with Crippen molar-refractivity contribution in [3.05, 3.63) is 28.8 Å². The molecule has 80 valence electrons. The molecule has 0 radical (unpaired) electrons. The van der Waals surface area contributed by atoms with Crippen LogP contribution in [0.2, 0.25) is 0 Å². The van der Waals surface area contributed by atoms with Crippen LogP contribution in [0, 0.1) is 13.8 Å². The van der Waals surface area contributed by atoms with Gasteiger partial charge in [0.25, 0.3) is 0 Å². The number of fused-ring (bicyclic) bond motifs is 1. The highest BCUT2D eigenvalue weighted by Gasteiger charge is 2.36. The number of benzene rings is 1. The maximum Gasteiger partial charge on any atom is 0.0673 e. The van der Waals surface area contributed by atoms with Crippen LogP contribution in [0.15, 0.2) is 17.1 Å². The maximum atomic E-state index is 4.69. The average molecular weight is 201 g/mol. The molecule has 1 aliphatic rings. The Morgan fingerprint density at radius 1 is 1.20 bits per heavy atom. The molecule has 1 aromatic carbocycles. The number of nitrogens with zero attached hydrogens (tertiary/aromatic N) is 1. The summed E-state index contributed by atoms with van der Waals surface area (Å²) in [6.07, 6.45) is 1.12. The summed E-state index contributed by atoms with van der Waals surface area (Å²) in [5.41, 5.74) is 6.83. The van der Waals surface area contributed by atoms with Crippen LogP contribution in [0.25, 0.3) is 0 Å². The van der Waals surface area contributed by atoms with E-state index < -0.39 is 0 Å². The summed E-state index contributed by atoms with van der Waals surface area (Å²) >= 11 is 0. The minimum absolute atomic E-state index is 0.158. The first kappa shape index (κ1) is 10.4. The van der Waals surface area contributed by atoms with E-state index in [0.29, 0.717) is 0 Å². The van der Waals surface area contributed by atoms with Crippen molar-refractivity contribution in [1.29, 1.82) is 0 Å². The van der Waals surface area contributed by atoms with Crippen LogP contribution in [0.5, 0.6) is 0 Å². The Morgan fingerprint density at radius 2 is 1.87 bits per heavy atom. The number of aliphatic imine (C=N–C) groups is 1. The van der Waals surface area contributed by atoms with Crippen molar-refractivity contribution in [2.45, 2.75) is 46.5 Å². The highest BCUT2D eigenvalue weighted by molar-refractivity contribution is 6.00. The largest absolute Gasteiger partial charge is 0.257 e. The molecule has 1 nitrogen and oxygen atoms in total. The summed E-state index contributed by atoms with van der Waals surface area (Å²) in [5.74, 6) is 0. The fourth-order valence-corrected chi connectivity index (χ4v) is 2.51. The molecule has 1 unspecified atom stereocenters. The molecule has 1 heteroatoms. The van der Waals surface area contributed by atoms with Gasteiger partial charge in [0, 0.05) is 11.1 Å². The van der Waals surface area contributed by atoms with Crippen molar-refractivity contribution in [2.75, 3.05) is 0 Å². The lowest BCUT2D eigenvalue weighted by molar-refractivity contribution is 0.619. The lowest BCUT2D eigenvalue weighted by Crippen LogP contribution is -2.27. The molecule has 0 saturated carbocycles.